The van der Waals surface area contributed by atoms with Crippen molar-refractivity contribution in [2.24, 2.45) is 5.41 Å². The van der Waals surface area contributed by atoms with Gasteiger partial charge in [0.15, 0.2) is 0 Å². The average molecular weight is 288 g/mol. The highest BCUT2D eigenvalue weighted by atomic mass is 16.5. The first-order chi connectivity index (χ1) is 9.62. The number of H-pyrrole nitrogens is 1. The fourth-order valence-electron chi connectivity index (χ4n) is 2.86. The number of aryl methyl sites for hydroxylation is 1. The van der Waals surface area contributed by atoms with Crippen molar-refractivity contribution in [3.63, 3.8) is 0 Å². The van der Waals surface area contributed by atoms with Gasteiger partial charge in [0.2, 0.25) is 0 Å². The molecule has 0 amide bonds. The Balaban J connectivity index is 2.86. The third-order valence-electron chi connectivity index (χ3n) is 4.60. The van der Waals surface area contributed by atoms with Gasteiger partial charge in [0.25, 0.3) is 0 Å². The van der Waals surface area contributed by atoms with E-state index in [1.807, 2.05) is 45.9 Å². The van der Waals surface area contributed by atoms with Crippen LogP contribution in [0.5, 0.6) is 5.75 Å². The molecule has 0 fully saturated rings. The van der Waals surface area contributed by atoms with Crippen LogP contribution in [0.4, 0.5) is 0 Å². The largest absolute Gasteiger partial charge is 0.549 e. The van der Waals surface area contributed by atoms with Crippen molar-refractivity contribution in [1.82, 2.24) is 4.98 Å². The number of nitrogens with one attached hydrogen (secondary N) is 1. The predicted molar refractivity (Wildman–Crippen MR) is 81.4 cm³/mol. The highest BCUT2D eigenvalue weighted by Crippen LogP contribution is 2.45. The monoisotopic (exact) mass is 288 g/mol. The van der Waals surface area contributed by atoms with Gasteiger partial charge < -0.3 is 19.6 Å². The summed E-state index contributed by atoms with van der Waals surface area (Å²) in [6.45, 7) is 9.38. The number of hydrogen-bond donors (Lipinski definition) is 1. The molecule has 1 N–H and O–H groups in total. The Morgan fingerprint density at radius 3 is 2.33 bits per heavy atom. The molecule has 0 radical (unpaired) electrons. The maximum Gasteiger partial charge on any atom is 0.119 e. The predicted octanol–water partition coefficient (Wildman–Crippen LogP) is 2.54. The number of fused-ring (bicyclic) bond motifs is 1. The molecule has 4 heteroatoms. The first-order valence-electron chi connectivity index (χ1n) is 7.01. The number of rotatable bonds is 3. The topological polar surface area (TPSA) is 65.2 Å². The van der Waals surface area contributed by atoms with Gasteiger partial charge in [0.1, 0.15) is 5.75 Å². The van der Waals surface area contributed by atoms with Gasteiger partial charge in [-0.3, -0.25) is 0 Å². The van der Waals surface area contributed by atoms with Gasteiger partial charge in [-0.25, -0.2) is 0 Å². The maximum absolute atomic E-state index is 12.0. The summed E-state index contributed by atoms with van der Waals surface area (Å²) in [6.07, 6.45) is 0. The number of carboxylic acid groups (broad SMARTS) is 1. The molecule has 2 rings (SSSR count). The molecule has 1 heterocycles. The van der Waals surface area contributed by atoms with Crippen LogP contribution in [-0.4, -0.2) is 18.1 Å². The molecule has 0 aliphatic carbocycles. The van der Waals surface area contributed by atoms with Crippen molar-refractivity contribution in [1.29, 1.82) is 0 Å². The number of methoxy groups -OCH3 is 1. The molecule has 0 spiro atoms. The number of carbonyl (C=O) groups excluding carboxylic acids is 1. The lowest BCUT2D eigenvalue weighted by Gasteiger charge is -2.43. The fourth-order valence-corrected chi connectivity index (χ4v) is 2.86. The van der Waals surface area contributed by atoms with Crippen LogP contribution in [-0.2, 0) is 10.2 Å². The van der Waals surface area contributed by atoms with Crippen LogP contribution < -0.4 is 9.84 Å². The highest BCUT2D eigenvalue weighted by Gasteiger charge is 2.43. The van der Waals surface area contributed by atoms with Gasteiger partial charge >= 0.3 is 0 Å². The Bertz CT molecular complexity index is 694. The van der Waals surface area contributed by atoms with Crippen molar-refractivity contribution in [2.45, 2.75) is 40.0 Å². The molecule has 4 nitrogen and oxygen atoms in total. The second-order valence-electron chi connectivity index (χ2n) is 6.70. The van der Waals surface area contributed by atoms with Crippen LogP contribution in [0.25, 0.3) is 10.9 Å². The standard InChI is InChI=1S/C17H23NO3/c1-10-14(17(5,15(19)20)16(2,3)4)12-9-11(21-6)7-8-13(12)18-10/h7-9,18H,1-6H3,(H,19,20)/p-1. The van der Waals surface area contributed by atoms with E-state index in [2.05, 4.69) is 4.98 Å². The Labute approximate surface area is 125 Å². The second-order valence-corrected chi connectivity index (χ2v) is 6.70. The summed E-state index contributed by atoms with van der Waals surface area (Å²) in [4.78, 5) is 15.2. The number of benzene rings is 1. The first-order valence-corrected chi connectivity index (χ1v) is 7.01. The van der Waals surface area contributed by atoms with E-state index in [-0.39, 0.29) is 0 Å². The second kappa shape index (κ2) is 4.79. The molecular weight excluding hydrogens is 266 g/mol. The summed E-state index contributed by atoms with van der Waals surface area (Å²) < 4.78 is 5.27. The van der Waals surface area contributed by atoms with Gasteiger partial charge in [0, 0.05) is 22.0 Å². The zero-order valence-corrected chi connectivity index (χ0v) is 13.5. The molecule has 0 aliphatic heterocycles. The van der Waals surface area contributed by atoms with Crippen molar-refractivity contribution in [3.05, 3.63) is 29.5 Å². The van der Waals surface area contributed by atoms with E-state index < -0.39 is 16.8 Å². The number of aromatic nitrogens is 1. The van der Waals surface area contributed by atoms with Gasteiger partial charge in [-0.15, -0.1) is 0 Å². The van der Waals surface area contributed by atoms with Crippen LogP contribution in [0.2, 0.25) is 0 Å². The van der Waals surface area contributed by atoms with Gasteiger partial charge in [-0.05, 0) is 43.0 Å². The molecule has 0 aliphatic rings. The van der Waals surface area contributed by atoms with E-state index in [4.69, 9.17) is 4.74 Å². The number of aromatic amines is 1. The smallest absolute Gasteiger partial charge is 0.119 e. The Kier molecular flexibility index (Phi) is 3.52. The average Bonchev–Trinajstić information content (AvgIpc) is 2.71. The Hall–Kier alpha value is -1.97. The highest BCUT2D eigenvalue weighted by molar-refractivity contribution is 5.93. The van der Waals surface area contributed by atoms with Crippen LogP contribution in [0.15, 0.2) is 18.2 Å². The van der Waals surface area contributed by atoms with E-state index in [1.165, 1.54) is 0 Å². The van der Waals surface area contributed by atoms with E-state index in [0.717, 1.165) is 22.2 Å². The van der Waals surface area contributed by atoms with Gasteiger partial charge in [-0.2, -0.15) is 0 Å². The molecule has 21 heavy (non-hydrogen) atoms. The number of carbonyl (C=O) groups is 1. The Morgan fingerprint density at radius 1 is 1.24 bits per heavy atom. The summed E-state index contributed by atoms with van der Waals surface area (Å²) in [5.41, 5.74) is 0.917. The molecule has 0 saturated carbocycles. The van der Waals surface area contributed by atoms with E-state index >= 15 is 0 Å². The lowest BCUT2D eigenvalue weighted by atomic mass is 9.63. The lowest BCUT2D eigenvalue weighted by molar-refractivity contribution is -0.317. The summed E-state index contributed by atoms with van der Waals surface area (Å²) in [7, 11) is 1.60. The van der Waals surface area contributed by atoms with Gasteiger partial charge in [0.05, 0.1) is 13.1 Å². The van der Waals surface area contributed by atoms with Crippen molar-refractivity contribution in [2.75, 3.05) is 7.11 Å². The van der Waals surface area contributed by atoms with Crippen LogP contribution in [0.3, 0.4) is 0 Å². The van der Waals surface area contributed by atoms with Crippen LogP contribution in [0, 0.1) is 12.3 Å². The summed E-state index contributed by atoms with van der Waals surface area (Å²) in [6, 6.07) is 5.64. The molecule has 2 aromatic rings. The van der Waals surface area contributed by atoms with Gasteiger partial charge in [-0.1, -0.05) is 20.8 Å². The molecular formula is C17H22NO3-. The van der Waals surface area contributed by atoms with Crippen molar-refractivity contribution >= 4 is 16.9 Å². The maximum atomic E-state index is 12.0. The summed E-state index contributed by atoms with van der Waals surface area (Å²) in [5.74, 6) is -0.362. The molecule has 0 bridgehead atoms. The van der Waals surface area contributed by atoms with Crippen molar-refractivity contribution in [3.8, 4) is 5.75 Å². The van der Waals surface area contributed by atoms with Crippen LogP contribution >= 0.6 is 0 Å². The van der Waals surface area contributed by atoms with Crippen molar-refractivity contribution < 1.29 is 14.6 Å². The quantitative estimate of drug-likeness (QED) is 0.944. The third kappa shape index (κ3) is 2.19. The zero-order chi connectivity index (χ0) is 16.0. The minimum absolute atomic E-state index is 0.491. The number of ether oxygens (including phenoxy) is 1. The Morgan fingerprint density at radius 2 is 1.86 bits per heavy atom. The number of carboxylic acids is 1. The minimum atomic E-state index is -1.11. The molecule has 1 atom stereocenters. The number of hydrogen-bond acceptors (Lipinski definition) is 3. The van der Waals surface area contributed by atoms with Crippen LogP contribution in [0.1, 0.15) is 39.0 Å². The number of aliphatic carboxylic acids is 1. The zero-order valence-electron chi connectivity index (χ0n) is 13.5. The normalized spacial score (nSPS) is 15.0. The molecule has 1 aromatic carbocycles. The minimum Gasteiger partial charge on any atom is -0.549 e. The fraction of sp³-hybridized carbons (Fsp3) is 0.471. The van der Waals surface area contributed by atoms with E-state index in [0.29, 0.717) is 5.75 Å². The SMILES string of the molecule is COc1ccc2[nH]c(C)c(C(C)(C(=O)[O-])C(C)(C)C)c2c1. The van der Waals surface area contributed by atoms with E-state index in [9.17, 15) is 9.90 Å². The lowest BCUT2D eigenvalue weighted by Crippen LogP contribution is -2.52. The molecule has 1 unspecified atom stereocenters. The molecule has 114 valence electrons. The third-order valence-corrected chi connectivity index (χ3v) is 4.60. The van der Waals surface area contributed by atoms with E-state index in [1.54, 1.807) is 14.0 Å². The molecule has 0 saturated heterocycles. The first kappa shape index (κ1) is 15.4. The summed E-state index contributed by atoms with van der Waals surface area (Å²) in [5, 5.41) is 12.8. The molecule has 1 aromatic heterocycles. The summed E-state index contributed by atoms with van der Waals surface area (Å²) >= 11 is 0.